The van der Waals surface area contributed by atoms with Gasteiger partial charge in [0, 0.05) is 30.0 Å². The van der Waals surface area contributed by atoms with E-state index in [1.807, 2.05) is 34.6 Å². The molecule has 0 unspecified atom stereocenters. The number of aryl methyl sites for hydroxylation is 1. The summed E-state index contributed by atoms with van der Waals surface area (Å²) in [5.74, 6) is -1.16. The van der Waals surface area contributed by atoms with Gasteiger partial charge in [0.15, 0.2) is 11.6 Å². The summed E-state index contributed by atoms with van der Waals surface area (Å²) in [4.78, 5) is 76.2. The molecule has 2 amide bonds. The molecule has 0 spiro atoms. The van der Waals surface area contributed by atoms with Gasteiger partial charge in [-0.3, -0.25) is 29.0 Å². The van der Waals surface area contributed by atoms with Crippen LogP contribution in [0.15, 0.2) is 23.5 Å². The predicted molar refractivity (Wildman–Crippen MR) is 225 cm³/mol. The SMILES string of the molecule is Cc1cncc(NC(=O)CC(C)(C)NC(=O)[C@@]23CC[C@]4(C)[C@H](CC[C@@H]5[C@@]6(C)CC[C@H](OC(=O)[C@H]7C[C@@H](C(=O)O)C7(C)C)C(C)(C)[C@@H]6CC[C@]54C)C2=C(C(C)C)C(=O)C3)n1. The van der Waals surface area contributed by atoms with E-state index in [0.717, 1.165) is 56.1 Å². The number of rotatable bonds is 9. The normalized spacial score (nSPS) is 38.2. The maximum absolute atomic E-state index is 14.9. The molecular weight excluding hydrogens is 745 g/mol. The number of aliphatic carboxylic acids is 1. The molecule has 0 bridgehead atoms. The van der Waals surface area contributed by atoms with E-state index in [2.05, 4.69) is 69.1 Å². The van der Waals surface area contributed by atoms with E-state index in [-0.39, 0.29) is 76.0 Å². The van der Waals surface area contributed by atoms with Gasteiger partial charge in [-0.25, -0.2) is 4.98 Å². The molecule has 0 aromatic carbocycles. The number of nitrogens with one attached hydrogen (secondary N) is 2. The molecule has 7 rings (SSSR count). The minimum atomic E-state index is -0.940. The zero-order chi connectivity index (χ0) is 43.5. The third-order valence-corrected chi connectivity index (χ3v) is 18.0. The van der Waals surface area contributed by atoms with Crippen LogP contribution in [0.5, 0.6) is 0 Å². The van der Waals surface area contributed by atoms with Crippen molar-refractivity contribution in [3.05, 3.63) is 29.2 Å². The summed E-state index contributed by atoms with van der Waals surface area (Å²) in [6.07, 6.45) is 10.6. The van der Waals surface area contributed by atoms with Crippen molar-refractivity contribution in [2.75, 3.05) is 5.32 Å². The van der Waals surface area contributed by atoms with Crippen molar-refractivity contribution in [1.82, 2.24) is 15.3 Å². The smallest absolute Gasteiger partial charge is 0.309 e. The summed E-state index contributed by atoms with van der Waals surface area (Å²) in [7, 11) is 0. The van der Waals surface area contributed by atoms with Gasteiger partial charge in [-0.05, 0) is 135 Å². The van der Waals surface area contributed by atoms with E-state index in [1.54, 1.807) is 6.20 Å². The summed E-state index contributed by atoms with van der Waals surface area (Å²) < 4.78 is 6.41. The molecule has 5 fully saturated rings. The lowest BCUT2D eigenvalue weighted by Crippen LogP contribution is -2.66. The number of carboxylic acid groups (broad SMARTS) is 1. The van der Waals surface area contributed by atoms with Crippen LogP contribution in [0.25, 0.3) is 0 Å². The Labute approximate surface area is 351 Å². The summed E-state index contributed by atoms with van der Waals surface area (Å²) in [6.45, 7) is 25.5. The Morgan fingerprint density at radius 2 is 1.58 bits per heavy atom. The van der Waals surface area contributed by atoms with Crippen LogP contribution in [0.4, 0.5) is 5.82 Å². The van der Waals surface area contributed by atoms with Gasteiger partial charge in [0.1, 0.15) is 6.10 Å². The van der Waals surface area contributed by atoms with E-state index < -0.39 is 34.2 Å². The molecule has 0 saturated heterocycles. The highest BCUT2D eigenvalue weighted by Crippen LogP contribution is 2.77. The average Bonchev–Trinajstić information content (AvgIpc) is 3.42. The molecule has 1 aromatic heterocycles. The Kier molecular flexibility index (Phi) is 10.5. The molecule has 59 heavy (non-hydrogen) atoms. The largest absolute Gasteiger partial charge is 0.481 e. The van der Waals surface area contributed by atoms with E-state index in [9.17, 15) is 29.1 Å². The van der Waals surface area contributed by atoms with Crippen molar-refractivity contribution >= 4 is 35.4 Å². The van der Waals surface area contributed by atoms with Crippen LogP contribution in [0.2, 0.25) is 0 Å². The fourth-order valence-electron chi connectivity index (χ4n) is 14.6. The van der Waals surface area contributed by atoms with Gasteiger partial charge in [-0.1, -0.05) is 62.3 Å². The van der Waals surface area contributed by atoms with Gasteiger partial charge in [-0.2, -0.15) is 0 Å². The maximum atomic E-state index is 14.9. The van der Waals surface area contributed by atoms with Crippen LogP contribution in [0.1, 0.15) is 152 Å². The highest BCUT2D eigenvalue weighted by Gasteiger charge is 2.71. The molecule has 3 N–H and O–H groups in total. The van der Waals surface area contributed by atoms with Crippen molar-refractivity contribution in [2.45, 2.75) is 165 Å². The number of nitrogens with zero attached hydrogens (tertiary/aromatic N) is 2. The fraction of sp³-hybridized carbons (Fsp3) is 0.771. The molecule has 11 heteroatoms. The second-order valence-electron chi connectivity index (χ2n) is 22.7. The molecule has 6 aliphatic rings. The van der Waals surface area contributed by atoms with E-state index in [1.165, 1.54) is 6.20 Å². The highest BCUT2D eigenvalue weighted by atomic mass is 16.5. The molecule has 10 atom stereocenters. The topological polar surface area (TPSA) is 165 Å². The quantitative estimate of drug-likeness (QED) is 0.207. The monoisotopic (exact) mass is 815 g/mol. The number of ketones is 1. The third kappa shape index (κ3) is 6.59. The number of hydrogen-bond acceptors (Lipinski definition) is 8. The van der Waals surface area contributed by atoms with Gasteiger partial charge in [0.2, 0.25) is 11.8 Å². The minimum absolute atomic E-state index is 0.0122. The Bertz CT molecular complexity index is 1990. The number of aromatic nitrogens is 2. The number of anilines is 1. The lowest BCUT2D eigenvalue weighted by atomic mass is 9.33. The van der Waals surface area contributed by atoms with Crippen molar-refractivity contribution < 1.29 is 33.8 Å². The number of carboxylic acids is 1. The van der Waals surface area contributed by atoms with Crippen LogP contribution in [0.3, 0.4) is 0 Å². The predicted octanol–water partition coefficient (Wildman–Crippen LogP) is 8.65. The molecule has 11 nitrogen and oxygen atoms in total. The molecule has 1 heterocycles. The van der Waals surface area contributed by atoms with Crippen LogP contribution < -0.4 is 10.6 Å². The van der Waals surface area contributed by atoms with Gasteiger partial charge < -0.3 is 20.5 Å². The second-order valence-corrected chi connectivity index (χ2v) is 22.7. The number of carbonyl (C=O) groups excluding carboxylic acids is 4. The molecule has 1 aromatic rings. The Morgan fingerprint density at radius 3 is 2.20 bits per heavy atom. The molecular formula is C48H70N4O7. The van der Waals surface area contributed by atoms with Crippen molar-refractivity contribution in [1.29, 1.82) is 0 Å². The van der Waals surface area contributed by atoms with Crippen LogP contribution in [-0.2, 0) is 28.7 Å². The van der Waals surface area contributed by atoms with E-state index >= 15 is 0 Å². The van der Waals surface area contributed by atoms with Crippen LogP contribution in [-0.4, -0.2) is 56.3 Å². The standard InChI is InChI=1S/C48H70N4O7/c1-26(2)37-31(53)22-48(41(58)52-42(4,5)23-36(54)51-35-25-49-24-27(3)50-35)20-19-46(11)28(38(37)48)13-14-33-45(10)17-16-34(44(8,9)32(45)15-18-47(33,46)12)59-40(57)30-21-29(39(55)56)43(30,6)7/h24-26,28-30,32-34H,13-23H2,1-12H3,(H,52,58)(H,55,56)(H,50,51,54)/t28-,29+,30-,32+,33-,34+,45+,46-,47-,48-/m1/s1. The highest BCUT2D eigenvalue weighted by molar-refractivity contribution is 6.07. The fourth-order valence-corrected chi connectivity index (χ4v) is 14.6. The first-order valence-electron chi connectivity index (χ1n) is 22.4. The Morgan fingerprint density at radius 1 is 0.881 bits per heavy atom. The van der Waals surface area contributed by atoms with Gasteiger partial charge >= 0.3 is 11.9 Å². The summed E-state index contributed by atoms with van der Waals surface area (Å²) in [5, 5.41) is 15.8. The summed E-state index contributed by atoms with van der Waals surface area (Å²) >= 11 is 0. The van der Waals surface area contributed by atoms with Crippen molar-refractivity contribution in [2.24, 2.45) is 68.0 Å². The maximum Gasteiger partial charge on any atom is 0.309 e. The van der Waals surface area contributed by atoms with Gasteiger partial charge in [0.25, 0.3) is 0 Å². The van der Waals surface area contributed by atoms with Gasteiger partial charge in [-0.15, -0.1) is 0 Å². The number of esters is 1. The number of Topliss-reactive ketones (excluding diaryl/α,β-unsaturated/α-hetero) is 1. The van der Waals surface area contributed by atoms with Crippen LogP contribution in [0, 0.1) is 74.9 Å². The summed E-state index contributed by atoms with van der Waals surface area (Å²) in [6, 6.07) is 0. The van der Waals surface area contributed by atoms with E-state index in [0.29, 0.717) is 36.2 Å². The zero-order valence-corrected chi connectivity index (χ0v) is 37.8. The Balaban J connectivity index is 1.12. The summed E-state index contributed by atoms with van der Waals surface area (Å²) in [5.41, 5.74) is -0.262. The molecule has 0 aliphatic heterocycles. The molecule has 6 aliphatic carbocycles. The average molecular weight is 815 g/mol. The molecule has 5 saturated carbocycles. The number of amides is 2. The number of fused-ring (bicyclic) bond motifs is 7. The van der Waals surface area contributed by atoms with Gasteiger partial charge in [0.05, 0.1) is 29.1 Å². The van der Waals surface area contributed by atoms with E-state index in [4.69, 9.17) is 4.74 Å². The van der Waals surface area contributed by atoms with Crippen molar-refractivity contribution in [3.63, 3.8) is 0 Å². The van der Waals surface area contributed by atoms with Crippen molar-refractivity contribution in [3.8, 4) is 0 Å². The zero-order valence-electron chi connectivity index (χ0n) is 37.8. The first-order chi connectivity index (χ1) is 27.2. The molecule has 324 valence electrons. The number of hydrogen-bond donors (Lipinski definition) is 3. The first-order valence-corrected chi connectivity index (χ1v) is 22.4. The van der Waals surface area contributed by atoms with Crippen LogP contribution >= 0.6 is 0 Å². The number of allylic oxidation sites excluding steroid dienone is 1. The number of carbonyl (C=O) groups is 5. The second kappa shape index (κ2) is 14.2. The third-order valence-electron chi connectivity index (χ3n) is 18.0. The molecule has 0 radical (unpaired) electrons. The number of ether oxygens (including phenoxy) is 1. The Hall–Kier alpha value is -3.63. The lowest BCUT2D eigenvalue weighted by Gasteiger charge is -2.72. The first kappa shape index (κ1) is 43.5. The lowest BCUT2D eigenvalue weighted by molar-refractivity contribution is -0.236. The minimum Gasteiger partial charge on any atom is -0.481 e.